The number of aromatic nitrogens is 2. The fraction of sp³-hybridized carbons (Fsp3) is 0.261. The van der Waals surface area contributed by atoms with Gasteiger partial charge in [-0.25, -0.2) is 8.78 Å². The first kappa shape index (κ1) is 20.9. The van der Waals surface area contributed by atoms with Gasteiger partial charge in [-0.05, 0) is 48.5 Å². The molecule has 6 nitrogen and oxygen atoms in total. The molecule has 0 atom stereocenters. The van der Waals surface area contributed by atoms with Crippen molar-refractivity contribution < 1.29 is 13.6 Å². The molecule has 2 heterocycles. The van der Waals surface area contributed by atoms with Gasteiger partial charge in [0, 0.05) is 44.8 Å². The monoisotopic (exact) mass is 423 g/mol. The number of hydrogen-bond acceptors (Lipinski definition) is 5. The number of nitrogens with one attached hydrogen (secondary N) is 1. The van der Waals surface area contributed by atoms with E-state index < -0.39 is 11.7 Å². The predicted molar refractivity (Wildman–Crippen MR) is 115 cm³/mol. The highest BCUT2D eigenvalue weighted by Crippen LogP contribution is 2.19. The van der Waals surface area contributed by atoms with E-state index in [1.807, 2.05) is 12.1 Å². The molecule has 1 amide bonds. The Balaban J connectivity index is 1.24. The summed E-state index contributed by atoms with van der Waals surface area (Å²) >= 11 is 0. The van der Waals surface area contributed by atoms with Crippen LogP contribution < -0.4 is 10.2 Å². The number of amides is 1. The molecule has 1 N–H and O–H groups in total. The quantitative estimate of drug-likeness (QED) is 0.661. The lowest BCUT2D eigenvalue weighted by Crippen LogP contribution is -2.48. The van der Waals surface area contributed by atoms with E-state index in [1.54, 1.807) is 24.3 Å². The average Bonchev–Trinajstić information content (AvgIpc) is 2.80. The first-order valence-corrected chi connectivity index (χ1v) is 10.2. The lowest BCUT2D eigenvalue weighted by atomic mass is 10.1. The number of nitrogens with zero attached hydrogens (tertiary/aromatic N) is 4. The van der Waals surface area contributed by atoms with Crippen LogP contribution in [0.15, 0.2) is 60.7 Å². The molecule has 0 aliphatic carbocycles. The van der Waals surface area contributed by atoms with Crippen LogP contribution in [0.5, 0.6) is 0 Å². The topological polar surface area (TPSA) is 61.4 Å². The van der Waals surface area contributed by atoms with Crippen molar-refractivity contribution in [1.29, 1.82) is 0 Å². The molecule has 4 rings (SSSR count). The van der Waals surface area contributed by atoms with E-state index in [4.69, 9.17) is 0 Å². The standard InChI is InChI=1S/C23H23F2N5O/c24-18-7-5-17(6-8-18)21-9-10-22(28-27-21)30-15-13-29(14-16-30)12-11-26-23(31)19-3-1-2-4-20(19)25/h1-10H,11-16H2,(H,26,31). The Hall–Kier alpha value is -3.39. The van der Waals surface area contributed by atoms with E-state index >= 15 is 0 Å². The second-order valence-corrected chi connectivity index (χ2v) is 7.35. The zero-order valence-electron chi connectivity index (χ0n) is 17.0. The van der Waals surface area contributed by atoms with Crippen molar-refractivity contribution in [2.75, 3.05) is 44.2 Å². The van der Waals surface area contributed by atoms with Crippen molar-refractivity contribution in [3.05, 3.63) is 77.9 Å². The molecule has 1 aliphatic heterocycles. The van der Waals surface area contributed by atoms with Crippen molar-refractivity contribution >= 4 is 11.7 Å². The number of carbonyl (C=O) groups is 1. The van der Waals surface area contributed by atoms with Gasteiger partial charge in [0.1, 0.15) is 11.6 Å². The SMILES string of the molecule is O=C(NCCN1CCN(c2ccc(-c3ccc(F)cc3)nn2)CC1)c1ccccc1F. The van der Waals surface area contributed by atoms with Crippen LogP contribution in [-0.4, -0.2) is 60.3 Å². The molecule has 2 aromatic carbocycles. The van der Waals surface area contributed by atoms with Crippen LogP contribution in [0.25, 0.3) is 11.3 Å². The second-order valence-electron chi connectivity index (χ2n) is 7.35. The Morgan fingerprint density at radius 1 is 0.903 bits per heavy atom. The predicted octanol–water partition coefficient (Wildman–Crippen LogP) is 2.97. The molecule has 0 radical (unpaired) electrons. The lowest BCUT2D eigenvalue weighted by molar-refractivity contribution is 0.0943. The number of rotatable bonds is 6. The number of anilines is 1. The van der Waals surface area contributed by atoms with Gasteiger partial charge in [0.15, 0.2) is 5.82 Å². The molecule has 0 unspecified atom stereocenters. The van der Waals surface area contributed by atoms with E-state index in [-0.39, 0.29) is 11.4 Å². The Morgan fingerprint density at radius 3 is 2.32 bits per heavy atom. The van der Waals surface area contributed by atoms with Gasteiger partial charge in [-0.15, -0.1) is 10.2 Å². The second kappa shape index (κ2) is 9.61. The molecule has 31 heavy (non-hydrogen) atoms. The molecule has 0 saturated carbocycles. The number of hydrogen-bond donors (Lipinski definition) is 1. The Kier molecular flexibility index (Phi) is 6.47. The highest BCUT2D eigenvalue weighted by molar-refractivity contribution is 5.94. The summed E-state index contributed by atoms with van der Waals surface area (Å²) in [5.41, 5.74) is 1.59. The lowest BCUT2D eigenvalue weighted by Gasteiger charge is -2.35. The Morgan fingerprint density at radius 2 is 1.65 bits per heavy atom. The van der Waals surface area contributed by atoms with Gasteiger partial charge in [0.25, 0.3) is 5.91 Å². The van der Waals surface area contributed by atoms with Crippen LogP contribution in [0.2, 0.25) is 0 Å². The van der Waals surface area contributed by atoms with Crippen LogP contribution in [0.1, 0.15) is 10.4 Å². The Bertz CT molecular complexity index is 1020. The molecule has 1 aromatic heterocycles. The largest absolute Gasteiger partial charge is 0.353 e. The summed E-state index contributed by atoms with van der Waals surface area (Å²) in [5.74, 6) is -0.384. The molecular formula is C23H23F2N5O. The first-order valence-electron chi connectivity index (χ1n) is 10.2. The van der Waals surface area contributed by atoms with Crippen LogP contribution in [0.4, 0.5) is 14.6 Å². The van der Waals surface area contributed by atoms with E-state index in [0.29, 0.717) is 18.8 Å². The number of carbonyl (C=O) groups excluding carboxylic acids is 1. The van der Waals surface area contributed by atoms with Gasteiger partial charge >= 0.3 is 0 Å². The van der Waals surface area contributed by atoms with Crippen molar-refractivity contribution in [2.45, 2.75) is 0 Å². The summed E-state index contributed by atoms with van der Waals surface area (Å²) in [6.07, 6.45) is 0. The molecule has 160 valence electrons. The van der Waals surface area contributed by atoms with E-state index in [1.165, 1.54) is 24.3 Å². The molecular weight excluding hydrogens is 400 g/mol. The molecule has 3 aromatic rings. The van der Waals surface area contributed by atoms with Crippen LogP contribution in [-0.2, 0) is 0 Å². The highest BCUT2D eigenvalue weighted by atomic mass is 19.1. The minimum atomic E-state index is -0.514. The van der Waals surface area contributed by atoms with Crippen molar-refractivity contribution in [2.24, 2.45) is 0 Å². The van der Waals surface area contributed by atoms with Crippen LogP contribution in [0.3, 0.4) is 0 Å². The van der Waals surface area contributed by atoms with Gasteiger partial charge < -0.3 is 10.2 Å². The zero-order chi connectivity index (χ0) is 21.6. The summed E-state index contributed by atoms with van der Waals surface area (Å²) in [6.45, 7) is 4.41. The van der Waals surface area contributed by atoms with E-state index in [0.717, 1.165) is 37.6 Å². The molecule has 8 heteroatoms. The summed E-state index contributed by atoms with van der Waals surface area (Å²) in [7, 11) is 0. The third-order valence-corrected chi connectivity index (χ3v) is 5.32. The maximum Gasteiger partial charge on any atom is 0.254 e. The zero-order valence-corrected chi connectivity index (χ0v) is 17.0. The summed E-state index contributed by atoms with van der Waals surface area (Å²) in [6, 6.07) is 16.0. The van der Waals surface area contributed by atoms with Gasteiger partial charge in [-0.1, -0.05) is 12.1 Å². The van der Waals surface area contributed by atoms with Crippen LogP contribution in [0, 0.1) is 11.6 Å². The molecule has 1 saturated heterocycles. The third kappa shape index (κ3) is 5.21. The van der Waals surface area contributed by atoms with Gasteiger partial charge in [-0.3, -0.25) is 9.69 Å². The molecule has 1 fully saturated rings. The van der Waals surface area contributed by atoms with Crippen molar-refractivity contribution in [1.82, 2.24) is 20.4 Å². The van der Waals surface area contributed by atoms with Gasteiger partial charge in [0.05, 0.1) is 11.3 Å². The van der Waals surface area contributed by atoms with Gasteiger partial charge in [0.2, 0.25) is 0 Å². The minimum absolute atomic E-state index is 0.0648. The fourth-order valence-corrected chi connectivity index (χ4v) is 3.54. The normalized spacial score (nSPS) is 14.5. The number of halogens is 2. The maximum atomic E-state index is 13.7. The smallest absolute Gasteiger partial charge is 0.254 e. The van der Waals surface area contributed by atoms with E-state index in [9.17, 15) is 13.6 Å². The molecule has 0 bridgehead atoms. The summed E-state index contributed by atoms with van der Waals surface area (Å²) in [4.78, 5) is 16.5. The minimum Gasteiger partial charge on any atom is -0.353 e. The third-order valence-electron chi connectivity index (χ3n) is 5.32. The van der Waals surface area contributed by atoms with Crippen LogP contribution >= 0.6 is 0 Å². The highest BCUT2D eigenvalue weighted by Gasteiger charge is 2.19. The van der Waals surface area contributed by atoms with E-state index in [2.05, 4.69) is 25.3 Å². The number of piperazine rings is 1. The average molecular weight is 423 g/mol. The number of benzene rings is 2. The summed E-state index contributed by atoms with van der Waals surface area (Å²) in [5, 5.41) is 11.4. The Labute approximate surface area is 179 Å². The molecule has 0 spiro atoms. The fourth-order valence-electron chi connectivity index (χ4n) is 3.54. The van der Waals surface area contributed by atoms with Crippen molar-refractivity contribution in [3.8, 4) is 11.3 Å². The van der Waals surface area contributed by atoms with Crippen molar-refractivity contribution in [3.63, 3.8) is 0 Å². The summed E-state index contributed by atoms with van der Waals surface area (Å²) < 4.78 is 26.7. The maximum absolute atomic E-state index is 13.7. The van der Waals surface area contributed by atoms with Gasteiger partial charge in [-0.2, -0.15) is 0 Å². The first-order chi connectivity index (χ1) is 15.1. The molecule has 1 aliphatic rings.